The predicted octanol–water partition coefficient (Wildman–Crippen LogP) is 3.26. The lowest BCUT2D eigenvalue weighted by Gasteiger charge is -2.13. The van der Waals surface area contributed by atoms with Crippen molar-refractivity contribution in [1.29, 1.82) is 0 Å². The lowest BCUT2D eigenvalue weighted by atomic mass is 10.0. The summed E-state index contributed by atoms with van der Waals surface area (Å²) in [5.41, 5.74) is 1.96. The van der Waals surface area contributed by atoms with E-state index in [1.54, 1.807) is 24.7 Å². The van der Waals surface area contributed by atoms with E-state index < -0.39 is 5.82 Å². The second-order valence-corrected chi connectivity index (χ2v) is 5.11. The zero-order valence-electron chi connectivity index (χ0n) is 12.5. The number of benzene rings is 2. The van der Waals surface area contributed by atoms with Gasteiger partial charge in [-0.25, -0.2) is 9.37 Å². The summed E-state index contributed by atoms with van der Waals surface area (Å²) in [5.74, 6) is 0.317. The molecule has 3 aromatic rings. The van der Waals surface area contributed by atoms with Crippen molar-refractivity contribution < 1.29 is 14.2 Å². The van der Waals surface area contributed by atoms with Crippen LogP contribution in [0.15, 0.2) is 61.2 Å². The molecule has 0 aliphatic carbocycles. The molecular formula is C18H17FN2O2. The molecule has 0 aliphatic heterocycles. The average molecular weight is 312 g/mol. The summed E-state index contributed by atoms with van der Waals surface area (Å²) < 4.78 is 21.3. The van der Waals surface area contributed by atoms with Crippen LogP contribution in [0.25, 0.3) is 11.1 Å². The fraction of sp³-hybridized carbons (Fsp3) is 0.167. The van der Waals surface area contributed by atoms with Crippen LogP contribution in [0.5, 0.6) is 5.75 Å². The lowest BCUT2D eigenvalue weighted by Crippen LogP contribution is -2.07. The van der Waals surface area contributed by atoms with Crippen LogP contribution in [0.4, 0.5) is 4.39 Å². The van der Waals surface area contributed by atoms with Crippen LogP contribution in [0, 0.1) is 5.82 Å². The number of imidazole rings is 1. The highest BCUT2D eigenvalue weighted by atomic mass is 19.1. The van der Waals surface area contributed by atoms with E-state index >= 15 is 0 Å². The number of aromatic nitrogens is 2. The third-order valence-corrected chi connectivity index (χ3v) is 3.58. The van der Waals surface area contributed by atoms with Crippen LogP contribution in [0.1, 0.15) is 5.56 Å². The molecule has 3 rings (SSSR count). The molecule has 118 valence electrons. The second kappa shape index (κ2) is 7.07. The van der Waals surface area contributed by atoms with Gasteiger partial charge in [0, 0.05) is 23.5 Å². The van der Waals surface area contributed by atoms with Gasteiger partial charge in [-0.2, -0.15) is 0 Å². The molecule has 0 saturated carbocycles. The largest absolute Gasteiger partial charge is 0.491 e. The van der Waals surface area contributed by atoms with E-state index in [9.17, 15) is 9.50 Å². The second-order valence-electron chi connectivity index (χ2n) is 5.11. The summed E-state index contributed by atoms with van der Waals surface area (Å²) in [6.45, 7) is 0.865. The third-order valence-electron chi connectivity index (χ3n) is 3.58. The molecule has 0 fully saturated rings. The Bertz CT molecular complexity index is 772. The number of para-hydroxylation sites is 1. The van der Waals surface area contributed by atoms with Gasteiger partial charge in [-0.15, -0.1) is 0 Å². The quantitative estimate of drug-likeness (QED) is 0.760. The standard InChI is InChI=1S/C18H17FN2O2/c19-17-6-5-14(11-15(17)12-22)16-3-1-2-4-18(16)23-10-9-21-8-7-20-13-21/h1-8,11,13,22H,9-10,12H2. The first kappa shape index (κ1) is 15.2. The van der Waals surface area contributed by atoms with Gasteiger partial charge < -0.3 is 14.4 Å². The summed E-state index contributed by atoms with van der Waals surface area (Å²) in [5, 5.41) is 9.23. The lowest BCUT2D eigenvalue weighted by molar-refractivity contribution is 0.276. The predicted molar refractivity (Wildman–Crippen MR) is 85.5 cm³/mol. The highest BCUT2D eigenvalue weighted by Crippen LogP contribution is 2.31. The molecule has 0 amide bonds. The first-order chi connectivity index (χ1) is 11.3. The van der Waals surface area contributed by atoms with Crippen LogP contribution in [-0.2, 0) is 13.2 Å². The summed E-state index contributed by atoms with van der Waals surface area (Å²) in [7, 11) is 0. The first-order valence-corrected chi connectivity index (χ1v) is 7.35. The minimum absolute atomic E-state index is 0.274. The maximum atomic E-state index is 13.5. The average Bonchev–Trinajstić information content (AvgIpc) is 3.09. The van der Waals surface area contributed by atoms with E-state index in [1.165, 1.54) is 6.07 Å². The van der Waals surface area contributed by atoms with Gasteiger partial charge in [0.05, 0.1) is 19.5 Å². The first-order valence-electron chi connectivity index (χ1n) is 7.35. The number of nitrogens with zero attached hydrogens (tertiary/aromatic N) is 2. The Morgan fingerprint density at radius 1 is 1.17 bits per heavy atom. The van der Waals surface area contributed by atoms with E-state index in [1.807, 2.05) is 35.0 Å². The smallest absolute Gasteiger partial charge is 0.128 e. The van der Waals surface area contributed by atoms with E-state index in [0.717, 1.165) is 16.9 Å². The molecule has 5 heteroatoms. The maximum Gasteiger partial charge on any atom is 0.128 e. The molecule has 1 aromatic heterocycles. The van der Waals surface area contributed by atoms with Gasteiger partial charge >= 0.3 is 0 Å². The van der Waals surface area contributed by atoms with E-state index in [0.29, 0.717) is 13.2 Å². The van der Waals surface area contributed by atoms with Crippen molar-refractivity contribution in [3.05, 3.63) is 72.6 Å². The number of halogens is 1. The third kappa shape index (κ3) is 3.57. The van der Waals surface area contributed by atoms with Crippen LogP contribution in [0.2, 0.25) is 0 Å². The molecule has 1 N–H and O–H groups in total. The fourth-order valence-electron chi connectivity index (χ4n) is 2.37. The van der Waals surface area contributed by atoms with E-state index in [4.69, 9.17) is 4.74 Å². The number of rotatable bonds is 6. The molecule has 2 aromatic carbocycles. The van der Waals surface area contributed by atoms with Crippen LogP contribution < -0.4 is 4.74 Å². The van der Waals surface area contributed by atoms with E-state index in [-0.39, 0.29) is 12.2 Å². The maximum absolute atomic E-state index is 13.5. The molecule has 23 heavy (non-hydrogen) atoms. The Hall–Kier alpha value is -2.66. The van der Waals surface area contributed by atoms with Crippen molar-refractivity contribution >= 4 is 0 Å². The van der Waals surface area contributed by atoms with Gasteiger partial charge in [-0.05, 0) is 23.8 Å². The van der Waals surface area contributed by atoms with Crippen LogP contribution in [-0.4, -0.2) is 21.3 Å². The van der Waals surface area contributed by atoms with Crippen LogP contribution in [0.3, 0.4) is 0 Å². The van der Waals surface area contributed by atoms with Crippen molar-refractivity contribution in [2.45, 2.75) is 13.2 Å². The molecule has 0 saturated heterocycles. The number of aliphatic hydroxyl groups excluding tert-OH is 1. The van der Waals surface area contributed by atoms with Crippen molar-refractivity contribution in [1.82, 2.24) is 9.55 Å². The van der Waals surface area contributed by atoms with E-state index in [2.05, 4.69) is 4.98 Å². The molecular weight excluding hydrogens is 295 g/mol. The SMILES string of the molecule is OCc1cc(-c2ccccc2OCCn2ccnc2)ccc1F. The van der Waals surface area contributed by atoms with Crippen molar-refractivity contribution in [3.8, 4) is 16.9 Å². The fourth-order valence-corrected chi connectivity index (χ4v) is 2.37. The van der Waals surface area contributed by atoms with Gasteiger partial charge in [-0.3, -0.25) is 0 Å². The highest BCUT2D eigenvalue weighted by molar-refractivity contribution is 5.70. The Morgan fingerprint density at radius 2 is 2.04 bits per heavy atom. The number of hydrogen-bond acceptors (Lipinski definition) is 3. The Morgan fingerprint density at radius 3 is 2.83 bits per heavy atom. The van der Waals surface area contributed by atoms with Gasteiger partial charge in [0.15, 0.2) is 0 Å². The zero-order chi connectivity index (χ0) is 16.1. The molecule has 0 aliphatic rings. The molecule has 1 heterocycles. The number of hydrogen-bond donors (Lipinski definition) is 1. The Balaban J connectivity index is 1.80. The van der Waals surface area contributed by atoms with Crippen molar-refractivity contribution in [3.63, 3.8) is 0 Å². The summed E-state index contributed by atoms with van der Waals surface area (Å²) in [6, 6.07) is 12.3. The number of aliphatic hydroxyl groups is 1. The van der Waals surface area contributed by atoms with Crippen molar-refractivity contribution in [2.75, 3.05) is 6.61 Å². The van der Waals surface area contributed by atoms with Gasteiger partial charge in [-0.1, -0.05) is 24.3 Å². The normalized spacial score (nSPS) is 10.7. The Kier molecular flexibility index (Phi) is 4.68. The van der Waals surface area contributed by atoms with Crippen molar-refractivity contribution in [2.24, 2.45) is 0 Å². The summed E-state index contributed by atoms with van der Waals surface area (Å²) in [4.78, 5) is 3.99. The minimum Gasteiger partial charge on any atom is -0.491 e. The Labute approximate surface area is 133 Å². The topological polar surface area (TPSA) is 47.3 Å². The molecule has 0 spiro atoms. The molecule has 0 radical (unpaired) electrons. The molecule has 4 nitrogen and oxygen atoms in total. The van der Waals surface area contributed by atoms with Gasteiger partial charge in [0.1, 0.15) is 18.2 Å². The summed E-state index contributed by atoms with van der Waals surface area (Å²) in [6.07, 6.45) is 5.34. The van der Waals surface area contributed by atoms with Gasteiger partial charge in [0.25, 0.3) is 0 Å². The molecule has 0 unspecified atom stereocenters. The zero-order valence-corrected chi connectivity index (χ0v) is 12.5. The van der Waals surface area contributed by atoms with Gasteiger partial charge in [0.2, 0.25) is 0 Å². The van der Waals surface area contributed by atoms with Crippen LogP contribution >= 0.6 is 0 Å². The summed E-state index contributed by atoms with van der Waals surface area (Å²) >= 11 is 0. The molecule has 0 bridgehead atoms. The monoisotopic (exact) mass is 312 g/mol. The minimum atomic E-state index is -0.408. The number of ether oxygens (including phenoxy) is 1. The molecule has 0 atom stereocenters. The highest BCUT2D eigenvalue weighted by Gasteiger charge is 2.09.